The first-order valence-corrected chi connectivity index (χ1v) is 27.7. The van der Waals surface area contributed by atoms with Crippen molar-refractivity contribution in [2.45, 2.75) is 123 Å². The van der Waals surface area contributed by atoms with Gasteiger partial charge in [0.1, 0.15) is 29.5 Å². The number of hydrogen-bond acceptors (Lipinski definition) is 12. The Hall–Kier alpha value is -6.69. The number of nitrogens with zero attached hydrogens (tertiary/aromatic N) is 6. The number of nitrogens with two attached hydrogens (primary N) is 2. The second-order valence-electron chi connectivity index (χ2n) is 22.6. The molecule has 10 rings (SSSR count). The van der Waals surface area contributed by atoms with Crippen molar-refractivity contribution in [3.8, 4) is 11.7 Å². The van der Waals surface area contributed by atoms with E-state index in [1.165, 1.54) is 25.7 Å². The molecule has 2 aromatic carbocycles. The normalized spacial score (nSPS) is 19.9. The van der Waals surface area contributed by atoms with Gasteiger partial charge in [-0.05, 0) is 178 Å². The number of ether oxygens (including phenoxy) is 3. The molecule has 76 heavy (non-hydrogen) atoms. The highest BCUT2D eigenvalue weighted by molar-refractivity contribution is 9.10. The average Bonchev–Trinajstić information content (AvgIpc) is 4.46. The number of fused-ring (bicyclic) bond motifs is 1. The average molecular weight is 1100 g/mol. The third-order valence-electron chi connectivity index (χ3n) is 16.5. The fourth-order valence-electron chi connectivity index (χ4n) is 12.6. The lowest BCUT2D eigenvalue weighted by Crippen LogP contribution is -2.40. The number of carbonyl (C=O) groups excluding carboxylic acids is 4. The predicted octanol–water partition coefficient (Wildman–Crippen LogP) is 9.89. The van der Waals surface area contributed by atoms with Crippen LogP contribution in [-0.2, 0) is 22.7 Å². The van der Waals surface area contributed by atoms with Gasteiger partial charge in [0.2, 0.25) is 5.88 Å². The summed E-state index contributed by atoms with van der Waals surface area (Å²) in [5.41, 5.74) is 15.1. The molecule has 0 unspecified atom stereocenters. The summed E-state index contributed by atoms with van der Waals surface area (Å²) in [6.45, 7) is 12.5. The maximum absolute atomic E-state index is 12.5. The van der Waals surface area contributed by atoms with Crippen molar-refractivity contribution in [1.82, 2.24) is 30.4 Å². The quantitative estimate of drug-likeness (QED) is 0.0398. The largest absolute Gasteiger partial charge is 0.477 e. The summed E-state index contributed by atoms with van der Waals surface area (Å²) < 4.78 is 19.0. The molecule has 5 fully saturated rings. The highest BCUT2D eigenvalue weighted by atomic mass is 79.9. The number of hydrogen-bond donors (Lipinski definition) is 4. The highest BCUT2D eigenvalue weighted by Crippen LogP contribution is 2.93. The fourth-order valence-corrected chi connectivity index (χ4v) is 12.9. The smallest absolute Gasteiger partial charge is 0.407 e. The van der Waals surface area contributed by atoms with Gasteiger partial charge in [-0.25, -0.2) is 24.2 Å². The van der Waals surface area contributed by atoms with Gasteiger partial charge in [-0.2, -0.15) is 0 Å². The SMILES string of the molecule is CC1(C)C[C@H](CCCNC(=O)OCc2ccccc2)CN1c1nc(-n2ccc(OCCC3C4(CC4)C34CC4)n2)ccc1C(N)=O.CC1(C)C[C@H](CCCNC(=O)OCc2ccccc2)CN1c1nc(Br)ccc1C(N)=O. The van der Waals surface area contributed by atoms with Gasteiger partial charge in [0.05, 0.1) is 17.7 Å². The van der Waals surface area contributed by atoms with Gasteiger partial charge in [0.25, 0.3) is 11.8 Å². The minimum Gasteiger partial charge on any atom is -0.477 e. The lowest BCUT2D eigenvalue weighted by molar-refractivity contribution is 0.0991. The maximum Gasteiger partial charge on any atom is 0.407 e. The Morgan fingerprint density at radius 2 is 1.13 bits per heavy atom. The van der Waals surface area contributed by atoms with Crippen molar-refractivity contribution in [3.63, 3.8) is 0 Å². The van der Waals surface area contributed by atoms with E-state index in [-0.39, 0.29) is 24.3 Å². The monoisotopic (exact) mass is 1100 g/mol. The van der Waals surface area contributed by atoms with E-state index in [1.807, 2.05) is 72.9 Å². The zero-order valence-electron chi connectivity index (χ0n) is 44.3. The molecule has 0 radical (unpaired) electrons. The number of amides is 4. The summed E-state index contributed by atoms with van der Waals surface area (Å²) in [4.78, 5) is 62.2. The molecule has 5 aliphatic rings. The van der Waals surface area contributed by atoms with Crippen LogP contribution in [-0.4, -0.2) is 87.6 Å². The highest BCUT2D eigenvalue weighted by Gasteiger charge is 2.85. The number of rotatable bonds is 21. The lowest BCUT2D eigenvalue weighted by Gasteiger charge is -2.33. The van der Waals surface area contributed by atoms with Crippen LogP contribution in [0.25, 0.3) is 5.82 Å². The van der Waals surface area contributed by atoms with Gasteiger partial charge in [-0.3, -0.25) is 9.59 Å². The number of pyridine rings is 2. The second kappa shape index (κ2) is 22.9. The number of aromatic nitrogens is 4. The maximum atomic E-state index is 12.5. The van der Waals surface area contributed by atoms with Crippen LogP contribution in [0.3, 0.4) is 0 Å². The summed E-state index contributed by atoms with van der Waals surface area (Å²) in [6, 6.07) is 28.1. The van der Waals surface area contributed by atoms with E-state index in [1.54, 1.807) is 28.9 Å². The Balaban J connectivity index is 0.000000200. The van der Waals surface area contributed by atoms with E-state index < -0.39 is 24.0 Å². The van der Waals surface area contributed by atoms with Crippen LogP contribution in [0, 0.1) is 28.6 Å². The molecule has 2 atom stereocenters. The molecular formula is C58H73BrN10O7. The van der Waals surface area contributed by atoms with E-state index in [0.717, 1.165) is 75.1 Å². The van der Waals surface area contributed by atoms with Crippen molar-refractivity contribution in [1.29, 1.82) is 0 Å². The minimum atomic E-state index is -0.507. The van der Waals surface area contributed by atoms with E-state index in [2.05, 4.69) is 74.1 Å². The van der Waals surface area contributed by atoms with E-state index in [0.29, 0.717) is 81.4 Å². The molecule has 404 valence electrons. The molecule has 3 aliphatic carbocycles. The number of benzene rings is 2. The molecule has 4 amide bonds. The van der Waals surface area contributed by atoms with Crippen molar-refractivity contribution in [3.05, 3.63) is 124 Å². The Morgan fingerprint density at radius 1 is 0.645 bits per heavy atom. The topological polar surface area (TPSA) is 222 Å². The first kappa shape index (κ1) is 54.1. The van der Waals surface area contributed by atoms with Crippen molar-refractivity contribution < 1.29 is 33.4 Å². The van der Waals surface area contributed by atoms with Crippen LogP contribution >= 0.6 is 15.9 Å². The fraction of sp³-hybridized carbons (Fsp3) is 0.500. The van der Waals surface area contributed by atoms with Gasteiger partial charge < -0.3 is 46.1 Å². The van der Waals surface area contributed by atoms with Gasteiger partial charge in [0.15, 0.2) is 5.82 Å². The van der Waals surface area contributed by atoms with Crippen LogP contribution in [0.5, 0.6) is 5.88 Å². The minimum absolute atomic E-state index is 0.148. The number of halogens is 1. The molecule has 5 heterocycles. The first-order chi connectivity index (χ1) is 36.5. The zero-order chi connectivity index (χ0) is 53.7. The summed E-state index contributed by atoms with van der Waals surface area (Å²) in [5.74, 6) is 3.06. The van der Waals surface area contributed by atoms with Crippen LogP contribution in [0.1, 0.15) is 130 Å². The van der Waals surface area contributed by atoms with Crippen molar-refractivity contribution >= 4 is 51.6 Å². The zero-order valence-corrected chi connectivity index (χ0v) is 45.9. The number of nitrogens with one attached hydrogen (secondary N) is 2. The molecule has 3 aromatic heterocycles. The summed E-state index contributed by atoms with van der Waals surface area (Å²) >= 11 is 3.40. The van der Waals surface area contributed by atoms with Crippen LogP contribution in [0.15, 0.2) is 102 Å². The third-order valence-corrected chi connectivity index (χ3v) is 16.9. The predicted molar refractivity (Wildman–Crippen MR) is 294 cm³/mol. The number of carbonyl (C=O) groups is 4. The molecule has 2 saturated heterocycles. The molecule has 6 N–H and O–H groups in total. The molecule has 2 spiro atoms. The van der Waals surface area contributed by atoms with Gasteiger partial charge >= 0.3 is 12.2 Å². The van der Waals surface area contributed by atoms with Crippen molar-refractivity contribution in [2.24, 2.45) is 40.1 Å². The Labute approximate surface area is 454 Å². The second-order valence-corrected chi connectivity index (χ2v) is 23.4. The summed E-state index contributed by atoms with van der Waals surface area (Å²) in [7, 11) is 0. The summed E-state index contributed by atoms with van der Waals surface area (Å²) in [5, 5.41) is 10.3. The van der Waals surface area contributed by atoms with Crippen LogP contribution < -0.4 is 36.6 Å². The lowest BCUT2D eigenvalue weighted by atomic mass is 9.93. The summed E-state index contributed by atoms with van der Waals surface area (Å²) in [6.07, 6.45) is 13.3. The third kappa shape index (κ3) is 12.6. The molecule has 17 nitrogen and oxygen atoms in total. The Bertz CT molecular complexity index is 2840. The molecular weight excluding hydrogens is 1030 g/mol. The number of primary amides is 2. The Morgan fingerprint density at radius 3 is 1.62 bits per heavy atom. The van der Waals surface area contributed by atoms with E-state index in [9.17, 15) is 19.2 Å². The van der Waals surface area contributed by atoms with Crippen LogP contribution in [0.4, 0.5) is 21.2 Å². The van der Waals surface area contributed by atoms with Crippen LogP contribution in [0.2, 0.25) is 0 Å². The standard InChI is InChI=1S/C35H44N6O4.C23H29BrN4O3/c1-33(2)21-25(9-6-18-37-32(43)45-23-24-7-4-3-5-8-24)22-40(33)31-26(30(36)42)10-11-28(38-31)41-19-12-29(39-41)44-20-13-27-34(14-15-34)35(27)16-17-35;1-23(2)13-17(14-28(23)21-18(20(25)29)10-11-19(24)27-21)9-6-12-26-22(30)31-15-16-7-4-3-5-8-16/h3-5,7-8,10-12,19,25,27H,6,9,13-18,20-23H2,1-2H3,(H2,36,42)(H,37,43);3-5,7-8,10-11,17H,6,9,12-15H2,1-2H3,(H2,25,29)(H,26,30)/t25-;17-/m00/s1. The number of alkyl carbamates (subject to hydrolysis) is 2. The molecule has 5 aromatic rings. The van der Waals surface area contributed by atoms with Gasteiger partial charge in [-0.1, -0.05) is 60.7 Å². The van der Waals surface area contributed by atoms with Gasteiger partial charge in [0, 0.05) is 49.5 Å². The number of anilines is 2. The Kier molecular flexibility index (Phi) is 16.3. The van der Waals surface area contributed by atoms with E-state index in [4.69, 9.17) is 30.7 Å². The first-order valence-electron chi connectivity index (χ1n) is 26.9. The molecule has 3 saturated carbocycles. The molecule has 18 heteroatoms. The molecule has 2 aliphatic heterocycles. The van der Waals surface area contributed by atoms with Gasteiger partial charge in [-0.15, -0.1) is 5.10 Å². The van der Waals surface area contributed by atoms with E-state index >= 15 is 0 Å². The van der Waals surface area contributed by atoms with Crippen molar-refractivity contribution in [2.75, 3.05) is 42.6 Å². The molecule has 0 bridgehead atoms.